The van der Waals surface area contributed by atoms with Crippen LogP contribution in [-0.4, -0.2) is 36.7 Å². The second-order valence-corrected chi connectivity index (χ2v) is 8.88. The molecule has 1 saturated heterocycles. The first-order valence-electron chi connectivity index (χ1n) is 10.6. The average Bonchev–Trinajstić information content (AvgIpc) is 2.77. The molecule has 8 heteroatoms. The smallest absolute Gasteiger partial charge is 0.253 e. The third kappa shape index (κ3) is 5.66. The molecule has 0 radical (unpaired) electrons. The number of nitrogens with zero attached hydrogens (tertiary/aromatic N) is 1. The fourth-order valence-corrected chi connectivity index (χ4v) is 3.75. The highest BCUT2D eigenvalue weighted by Gasteiger charge is 2.29. The van der Waals surface area contributed by atoms with Gasteiger partial charge in [-0.2, -0.15) is 0 Å². The van der Waals surface area contributed by atoms with E-state index in [0.717, 1.165) is 16.7 Å². The Morgan fingerprint density at radius 1 is 1.16 bits per heavy atom. The van der Waals surface area contributed by atoms with Crippen molar-refractivity contribution in [3.8, 4) is 0 Å². The van der Waals surface area contributed by atoms with E-state index in [1.165, 1.54) is 4.90 Å². The molecule has 2 unspecified atom stereocenters. The van der Waals surface area contributed by atoms with Crippen molar-refractivity contribution in [3.63, 3.8) is 0 Å². The Morgan fingerprint density at radius 2 is 1.84 bits per heavy atom. The van der Waals surface area contributed by atoms with Gasteiger partial charge in [0.05, 0.1) is 0 Å². The molecule has 1 fully saturated rings. The fourth-order valence-electron chi connectivity index (χ4n) is 3.52. The molecule has 2 aromatic carbocycles. The van der Waals surface area contributed by atoms with Crippen LogP contribution in [0, 0.1) is 5.92 Å². The zero-order chi connectivity index (χ0) is 23.4. The SMILES string of the molecule is CC(C)C(=O)NCc1ccc(Cl)c(C2NC(=O)CC(c3ccc(C(=O)N(C)C)cc3)N2)c1. The van der Waals surface area contributed by atoms with Crippen molar-refractivity contribution < 1.29 is 14.4 Å². The Hall–Kier alpha value is -2.90. The molecule has 0 bridgehead atoms. The van der Waals surface area contributed by atoms with E-state index in [1.807, 2.05) is 38.1 Å². The summed E-state index contributed by atoms with van der Waals surface area (Å²) in [7, 11) is 3.42. The van der Waals surface area contributed by atoms with Crippen LogP contribution in [0.1, 0.15) is 59.5 Å². The molecule has 2 aromatic rings. The number of amides is 3. The highest BCUT2D eigenvalue weighted by atomic mass is 35.5. The summed E-state index contributed by atoms with van der Waals surface area (Å²) in [5.74, 6) is -0.290. The van der Waals surface area contributed by atoms with Gasteiger partial charge < -0.3 is 15.5 Å². The van der Waals surface area contributed by atoms with Gasteiger partial charge in [-0.1, -0.05) is 43.6 Å². The van der Waals surface area contributed by atoms with Crippen LogP contribution in [0.2, 0.25) is 5.02 Å². The zero-order valence-electron chi connectivity index (χ0n) is 18.7. The Morgan fingerprint density at radius 3 is 2.47 bits per heavy atom. The zero-order valence-corrected chi connectivity index (χ0v) is 19.5. The summed E-state index contributed by atoms with van der Waals surface area (Å²) in [6, 6.07) is 12.6. The minimum atomic E-state index is -0.474. The van der Waals surface area contributed by atoms with E-state index >= 15 is 0 Å². The third-order valence-corrected chi connectivity index (χ3v) is 5.74. The van der Waals surface area contributed by atoms with E-state index in [-0.39, 0.29) is 36.1 Å². The number of rotatable bonds is 6. The van der Waals surface area contributed by atoms with Gasteiger partial charge >= 0.3 is 0 Å². The predicted molar refractivity (Wildman–Crippen MR) is 124 cm³/mol. The topological polar surface area (TPSA) is 90.5 Å². The number of benzene rings is 2. The van der Waals surface area contributed by atoms with Crippen LogP contribution in [0.5, 0.6) is 0 Å². The van der Waals surface area contributed by atoms with Crippen molar-refractivity contribution in [2.75, 3.05) is 14.1 Å². The molecule has 3 rings (SSSR count). The maximum absolute atomic E-state index is 12.5. The van der Waals surface area contributed by atoms with E-state index < -0.39 is 6.17 Å². The number of carbonyl (C=O) groups excluding carboxylic acids is 3. The molecule has 170 valence electrons. The first-order chi connectivity index (χ1) is 15.2. The first-order valence-corrected chi connectivity index (χ1v) is 11.0. The molecular weight excluding hydrogens is 428 g/mol. The van der Waals surface area contributed by atoms with Gasteiger partial charge in [0.1, 0.15) is 6.17 Å². The van der Waals surface area contributed by atoms with Crippen molar-refractivity contribution in [2.24, 2.45) is 5.92 Å². The summed E-state index contributed by atoms with van der Waals surface area (Å²) >= 11 is 6.45. The maximum atomic E-state index is 12.5. The largest absolute Gasteiger partial charge is 0.352 e. The minimum Gasteiger partial charge on any atom is -0.352 e. The molecule has 32 heavy (non-hydrogen) atoms. The van der Waals surface area contributed by atoms with Crippen LogP contribution in [0.3, 0.4) is 0 Å². The number of carbonyl (C=O) groups is 3. The van der Waals surface area contributed by atoms with Crippen molar-refractivity contribution in [1.29, 1.82) is 0 Å². The monoisotopic (exact) mass is 456 g/mol. The lowest BCUT2D eigenvalue weighted by atomic mass is 9.97. The summed E-state index contributed by atoms with van der Waals surface area (Å²) in [5.41, 5.74) is 3.13. The van der Waals surface area contributed by atoms with E-state index in [1.54, 1.807) is 32.3 Å². The highest BCUT2D eigenvalue weighted by molar-refractivity contribution is 6.31. The van der Waals surface area contributed by atoms with Gasteiger partial charge in [-0.3, -0.25) is 19.7 Å². The Labute approximate surface area is 193 Å². The summed E-state index contributed by atoms with van der Waals surface area (Å²) in [5, 5.41) is 9.80. The lowest BCUT2D eigenvalue weighted by Gasteiger charge is -2.33. The Balaban J connectivity index is 1.77. The van der Waals surface area contributed by atoms with Crippen LogP contribution in [0.15, 0.2) is 42.5 Å². The molecule has 1 aliphatic rings. The van der Waals surface area contributed by atoms with Crippen molar-refractivity contribution in [3.05, 3.63) is 69.7 Å². The van der Waals surface area contributed by atoms with Gasteiger partial charge in [-0.05, 0) is 35.4 Å². The lowest BCUT2D eigenvalue weighted by molar-refractivity contribution is -0.125. The number of halogens is 1. The summed E-state index contributed by atoms with van der Waals surface area (Å²) in [4.78, 5) is 38.0. The fraction of sp³-hybridized carbons (Fsp3) is 0.375. The number of hydrogen-bond donors (Lipinski definition) is 3. The molecule has 7 nitrogen and oxygen atoms in total. The van der Waals surface area contributed by atoms with Gasteiger partial charge in [0.25, 0.3) is 5.91 Å². The first kappa shape index (κ1) is 23.8. The quantitative estimate of drug-likeness (QED) is 0.622. The molecule has 3 amide bonds. The second kappa shape index (κ2) is 10.1. The third-order valence-electron chi connectivity index (χ3n) is 5.39. The van der Waals surface area contributed by atoms with Crippen molar-refractivity contribution >= 4 is 29.3 Å². The lowest BCUT2D eigenvalue weighted by Crippen LogP contribution is -2.46. The van der Waals surface area contributed by atoms with Crippen molar-refractivity contribution in [2.45, 2.75) is 39.0 Å². The molecule has 0 saturated carbocycles. The second-order valence-electron chi connectivity index (χ2n) is 8.47. The van der Waals surface area contributed by atoms with Crippen LogP contribution in [-0.2, 0) is 16.1 Å². The summed E-state index contributed by atoms with van der Waals surface area (Å²) < 4.78 is 0. The molecule has 1 heterocycles. The predicted octanol–water partition coefficient (Wildman–Crippen LogP) is 3.16. The van der Waals surface area contributed by atoms with Crippen LogP contribution < -0.4 is 16.0 Å². The van der Waals surface area contributed by atoms with Gasteiger partial charge in [0, 0.05) is 55.2 Å². The maximum Gasteiger partial charge on any atom is 0.253 e. The van der Waals surface area contributed by atoms with Crippen LogP contribution >= 0.6 is 11.6 Å². The standard InChI is InChI=1S/C24H29ClN4O3/c1-14(2)23(31)26-13-15-5-10-19(25)18(11-15)22-27-20(12-21(30)28-22)16-6-8-17(9-7-16)24(32)29(3)4/h5-11,14,20,22,27H,12-13H2,1-4H3,(H,26,31)(H,28,30). The number of hydrogen-bond acceptors (Lipinski definition) is 4. The van der Waals surface area contributed by atoms with Crippen LogP contribution in [0.4, 0.5) is 0 Å². The van der Waals surface area contributed by atoms with Gasteiger partial charge in [-0.15, -0.1) is 0 Å². The van der Waals surface area contributed by atoms with E-state index in [4.69, 9.17) is 11.6 Å². The molecular formula is C24H29ClN4O3. The van der Waals surface area contributed by atoms with Gasteiger partial charge in [0.15, 0.2) is 0 Å². The minimum absolute atomic E-state index is 0.0261. The van der Waals surface area contributed by atoms with E-state index in [0.29, 0.717) is 17.1 Å². The van der Waals surface area contributed by atoms with Gasteiger partial charge in [0.2, 0.25) is 11.8 Å². The summed E-state index contributed by atoms with van der Waals surface area (Å²) in [6.07, 6.45) is -0.197. The van der Waals surface area contributed by atoms with E-state index in [2.05, 4.69) is 16.0 Å². The molecule has 1 aliphatic heterocycles. The van der Waals surface area contributed by atoms with E-state index in [9.17, 15) is 14.4 Å². The molecule has 2 atom stereocenters. The highest BCUT2D eigenvalue weighted by Crippen LogP contribution is 2.30. The van der Waals surface area contributed by atoms with Crippen molar-refractivity contribution in [1.82, 2.24) is 20.9 Å². The molecule has 0 aromatic heterocycles. The normalized spacial score (nSPS) is 18.2. The average molecular weight is 457 g/mol. The Bertz CT molecular complexity index is 1000. The molecule has 0 aliphatic carbocycles. The molecule has 0 spiro atoms. The Kier molecular flexibility index (Phi) is 7.53. The van der Waals surface area contributed by atoms with Crippen LogP contribution in [0.25, 0.3) is 0 Å². The van der Waals surface area contributed by atoms with Gasteiger partial charge in [-0.25, -0.2) is 0 Å². The summed E-state index contributed by atoms with van der Waals surface area (Å²) in [6.45, 7) is 4.06. The molecule has 3 N–H and O–H groups in total. The number of nitrogens with one attached hydrogen (secondary N) is 3.